The summed E-state index contributed by atoms with van der Waals surface area (Å²) in [5, 5.41) is 3.44. The lowest BCUT2D eigenvalue weighted by Gasteiger charge is -2.34. The normalized spacial score (nSPS) is 19.5. The van der Waals surface area contributed by atoms with Crippen LogP contribution in [0.2, 0.25) is 0 Å². The minimum Gasteiger partial charge on any atom is -0.381 e. The fraction of sp³-hybridized carbons (Fsp3) is 0.696. The SMILES string of the molecule is CCNC(=NCC(c1ccc(F)cc1)N1CCOCC1)N(C)CCC1CCOCC1.I. The van der Waals surface area contributed by atoms with E-state index in [1.165, 1.54) is 12.1 Å². The van der Waals surface area contributed by atoms with Gasteiger partial charge in [-0.05, 0) is 49.8 Å². The average molecular weight is 548 g/mol. The maximum atomic E-state index is 13.5. The Labute approximate surface area is 203 Å². The van der Waals surface area contributed by atoms with Crippen LogP contribution < -0.4 is 5.32 Å². The molecule has 31 heavy (non-hydrogen) atoms. The maximum Gasteiger partial charge on any atom is 0.193 e. The second kappa shape index (κ2) is 14.2. The van der Waals surface area contributed by atoms with E-state index >= 15 is 0 Å². The lowest BCUT2D eigenvalue weighted by Crippen LogP contribution is -2.42. The van der Waals surface area contributed by atoms with Crippen molar-refractivity contribution in [2.45, 2.75) is 32.2 Å². The van der Waals surface area contributed by atoms with Gasteiger partial charge >= 0.3 is 0 Å². The Bertz CT molecular complexity index is 649. The van der Waals surface area contributed by atoms with Crippen molar-refractivity contribution in [3.8, 4) is 0 Å². The van der Waals surface area contributed by atoms with Gasteiger partial charge in [0.25, 0.3) is 0 Å². The molecular formula is C23H38FIN4O2. The van der Waals surface area contributed by atoms with Crippen LogP contribution in [-0.4, -0.2) is 82.0 Å². The van der Waals surface area contributed by atoms with Crippen LogP contribution in [0.1, 0.15) is 37.8 Å². The zero-order valence-electron chi connectivity index (χ0n) is 18.9. The predicted molar refractivity (Wildman–Crippen MR) is 134 cm³/mol. The predicted octanol–water partition coefficient (Wildman–Crippen LogP) is 3.53. The smallest absolute Gasteiger partial charge is 0.193 e. The lowest BCUT2D eigenvalue weighted by molar-refractivity contribution is 0.0179. The Morgan fingerprint density at radius 2 is 1.81 bits per heavy atom. The van der Waals surface area contributed by atoms with Gasteiger partial charge in [0.15, 0.2) is 5.96 Å². The number of halogens is 2. The molecule has 2 heterocycles. The number of hydrogen-bond donors (Lipinski definition) is 1. The van der Waals surface area contributed by atoms with Gasteiger partial charge in [-0.2, -0.15) is 0 Å². The number of hydrogen-bond acceptors (Lipinski definition) is 4. The minimum atomic E-state index is -0.204. The molecular weight excluding hydrogens is 510 g/mol. The summed E-state index contributed by atoms with van der Waals surface area (Å²) >= 11 is 0. The Morgan fingerprint density at radius 3 is 2.45 bits per heavy atom. The Hall–Kier alpha value is -0.970. The summed E-state index contributed by atoms with van der Waals surface area (Å²) in [7, 11) is 2.11. The van der Waals surface area contributed by atoms with E-state index in [4.69, 9.17) is 14.5 Å². The first kappa shape index (κ1) is 26.3. The van der Waals surface area contributed by atoms with Crippen molar-refractivity contribution < 1.29 is 13.9 Å². The van der Waals surface area contributed by atoms with Crippen molar-refractivity contribution in [2.75, 3.05) is 66.2 Å². The molecule has 1 atom stereocenters. The summed E-state index contributed by atoms with van der Waals surface area (Å²) in [5.41, 5.74) is 1.10. The molecule has 2 saturated heterocycles. The first-order valence-corrected chi connectivity index (χ1v) is 11.3. The summed E-state index contributed by atoms with van der Waals surface area (Å²) in [6, 6.07) is 6.96. The Balaban J connectivity index is 0.00000341. The minimum absolute atomic E-state index is 0. The van der Waals surface area contributed by atoms with E-state index in [0.29, 0.717) is 6.54 Å². The molecule has 176 valence electrons. The molecule has 0 radical (unpaired) electrons. The van der Waals surface area contributed by atoms with E-state index in [9.17, 15) is 4.39 Å². The molecule has 6 nitrogen and oxygen atoms in total. The molecule has 0 aromatic heterocycles. The maximum absolute atomic E-state index is 13.5. The summed E-state index contributed by atoms with van der Waals surface area (Å²) in [5.74, 6) is 1.47. The fourth-order valence-electron chi connectivity index (χ4n) is 4.17. The van der Waals surface area contributed by atoms with Crippen LogP contribution >= 0.6 is 24.0 Å². The van der Waals surface area contributed by atoms with E-state index in [0.717, 1.165) is 89.3 Å². The average Bonchev–Trinajstić information content (AvgIpc) is 2.79. The molecule has 0 aliphatic carbocycles. The molecule has 8 heteroatoms. The third kappa shape index (κ3) is 8.47. The van der Waals surface area contributed by atoms with E-state index in [1.54, 1.807) is 0 Å². The van der Waals surface area contributed by atoms with Crippen LogP contribution in [0.15, 0.2) is 29.3 Å². The Kier molecular flexibility index (Phi) is 12.1. The molecule has 0 saturated carbocycles. The molecule has 1 N–H and O–H groups in total. The Morgan fingerprint density at radius 1 is 1.16 bits per heavy atom. The van der Waals surface area contributed by atoms with E-state index in [2.05, 4.69) is 29.1 Å². The first-order chi connectivity index (χ1) is 14.7. The quantitative estimate of drug-likeness (QED) is 0.306. The third-order valence-corrected chi connectivity index (χ3v) is 6.07. The van der Waals surface area contributed by atoms with E-state index in [1.807, 2.05) is 12.1 Å². The van der Waals surface area contributed by atoms with Gasteiger partial charge in [-0.3, -0.25) is 9.89 Å². The van der Waals surface area contributed by atoms with Crippen molar-refractivity contribution in [1.82, 2.24) is 15.1 Å². The van der Waals surface area contributed by atoms with Crippen molar-refractivity contribution >= 4 is 29.9 Å². The van der Waals surface area contributed by atoms with Crippen molar-refractivity contribution in [2.24, 2.45) is 10.9 Å². The summed E-state index contributed by atoms with van der Waals surface area (Å²) in [6.45, 7) is 9.52. The highest BCUT2D eigenvalue weighted by atomic mass is 127. The number of nitrogens with zero attached hydrogens (tertiary/aromatic N) is 3. The molecule has 1 unspecified atom stereocenters. The number of nitrogens with one attached hydrogen (secondary N) is 1. The lowest BCUT2D eigenvalue weighted by atomic mass is 9.96. The van der Waals surface area contributed by atoms with Crippen molar-refractivity contribution in [3.05, 3.63) is 35.6 Å². The van der Waals surface area contributed by atoms with Crippen LogP contribution in [0.25, 0.3) is 0 Å². The van der Waals surface area contributed by atoms with Gasteiger partial charge < -0.3 is 19.7 Å². The van der Waals surface area contributed by atoms with Gasteiger partial charge in [-0.15, -0.1) is 24.0 Å². The van der Waals surface area contributed by atoms with Crippen LogP contribution in [0.4, 0.5) is 4.39 Å². The molecule has 2 aliphatic rings. The number of guanidine groups is 1. The fourth-order valence-corrected chi connectivity index (χ4v) is 4.17. The number of morpholine rings is 1. The molecule has 2 aliphatic heterocycles. The third-order valence-electron chi connectivity index (χ3n) is 6.07. The molecule has 2 fully saturated rings. The van der Waals surface area contributed by atoms with Crippen LogP contribution in [0, 0.1) is 11.7 Å². The van der Waals surface area contributed by atoms with E-state index in [-0.39, 0.29) is 35.8 Å². The second-order valence-corrected chi connectivity index (χ2v) is 8.18. The van der Waals surface area contributed by atoms with Gasteiger partial charge in [-0.1, -0.05) is 12.1 Å². The summed E-state index contributed by atoms with van der Waals surface area (Å²) < 4.78 is 24.5. The van der Waals surface area contributed by atoms with Gasteiger partial charge in [0.1, 0.15) is 5.82 Å². The van der Waals surface area contributed by atoms with Gasteiger partial charge in [0, 0.05) is 46.4 Å². The molecule has 0 spiro atoms. The molecule has 1 aromatic carbocycles. The van der Waals surface area contributed by atoms with Crippen LogP contribution in [0.3, 0.4) is 0 Å². The molecule has 3 rings (SSSR count). The van der Waals surface area contributed by atoms with E-state index < -0.39 is 0 Å². The molecule has 0 bridgehead atoms. The number of benzene rings is 1. The second-order valence-electron chi connectivity index (χ2n) is 8.18. The monoisotopic (exact) mass is 548 g/mol. The zero-order valence-corrected chi connectivity index (χ0v) is 21.2. The van der Waals surface area contributed by atoms with Crippen molar-refractivity contribution in [1.29, 1.82) is 0 Å². The van der Waals surface area contributed by atoms with Gasteiger partial charge in [-0.25, -0.2) is 4.39 Å². The largest absolute Gasteiger partial charge is 0.381 e. The highest BCUT2D eigenvalue weighted by Gasteiger charge is 2.23. The summed E-state index contributed by atoms with van der Waals surface area (Å²) in [4.78, 5) is 9.61. The van der Waals surface area contributed by atoms with Gasteiger partial charge in [0.2, 0.25) is 0 Å². The number of ether oxygens (including phenoxy) is 2. The highest BCUT2D eigenvalue weighted by Crippen LogP contribution is 2.23. The first-order valence-electron chi connectivity index (χ1n) is 11.3. The summed E-state index contributed by atoms with van der Waals surface area (Å²) in [6.07, 6.45) is 3.48. The van der Waals surface area contributed by atoms with Crippen LogP contribution in [0.5, 0.6) is 0 Å². The van der Waals surface area contributed by atoms with Crippen molar-refractivity contribution in [3.63, 3.8) is 0 Å². The number of rotatable bonds is 8. The molecule has 0 amide bonds. The number of aliphatic imine (C=N–C) groups is 1. The molecule has 1 aromatic rings. The highest BCUT2D eigenvalue weighted by molar-refractivity contribution is 14.0. The van der Waals surface area contributed by atoms with Crippen LogP contribution in [-0.2, 0) is 9.47 Å². The van der Waals surface area contributed by atoms with Gasteiger partial charge in [0.05, 0.1) is 25.8 Å². The zero-order chi connectivity index (χ0) is 21.2. The topological polar surface area (TPSA) is 49.3 Å². The standard InChI is InChI=1S/C23H37FN4O2.HI/c1-3-25-23(27(2)11-8-19-9-14-29-15-10-19)26-18-22(28-12-16-30-17-13-28)20-4-6-21(24)7-5-20;/h4-7,19,22H,3,8-18H2,1-2H3,(H,25,26);1H.